The molecular formula is C10H6BrF3N2O. The zero-order valence-electron chi connectivity index (χ0n) is 8.25. The lowest BCUT2D eigenvalue weighted by Gasteiger charge is -2.11. The molecule has 3 nitrogen and oxygen atoms in total. The fourth-order valence-corrected chi connectivity index (χ4v) is 1.72. The Balaban J connectivity index is 2.63. The highest BCUT2D eigenvalue weighted by Gasteiger charge is 2.32. The molecule has 1 aromatic carbocycles. The van der Waals surface area contributed by atoms with Crippen molar-refractivity contribution >= 4 is 32.5 Å². The predicted octanol–water partition coefficient (Wildman–Crippen LogP) is 3.48. The average Bonchev–Trinajstić information content (AvgIpc) is 2.22. The van der Waals surface area contributed by atoms with Crippen molar-refractivity contribution in [1.82, 2.24) is 4.98 Å². The number of pyridine rings is 1. The van der Waals surface area contributed by atoms with Crippen LogP contribution in [0.5, 0.6) is 5.75 Å². The van der Waals surface area contributed by atoms with E-state index in [1.807, 2.05) is 0 Å². The van der Waals surface area contributed by atoms with Crippen molar-refractivity contribution < 1.29 is 17.9 Å². The first-order chi connectivity index (χ1) is 7.88. The molecule has 0 spiro atoms. The molecule has 0 saturated carbocycles. The molecule has 7 heteroatoms. The van der Waals surface area contributed by atoms with Crippen molar-refractivity contribution in [2.75, 3.05) is 5.73 Å². The Hall–Kier alpha value is -1.50. The van der Waals surface area contributed by atoms with Gasteiger partial charge in [-0.05, 0) is 22.0 Å². The summed E-state index contributed by atoms with van der Waals surface area (Å²) in [6, 6.07) is 4.19. The van der Waals surface area contributed by atoms with E-state index in [1.165, 1.54) is 18.3 Å². The number of aromatic nitrogens is 1. The summed E-state index contributed by atoms with van der Waals surface area (Å²) in [6.45, 7) is 0. The quantitative estimate of drug-likeness (QED) is 0.877. The largest absolute Gasteiger partial charge is 0.573 e. The van der Waals surface area contributed by atoms with E-state index < -0.39 is 6.36 Å². The van der Waals surface area contributed by atoms with Gasteiger partial charge in [0.05, 0.1) is 10.2 Å². The molecule has 0 aliphatic heterocycles. The summed E-state index contributed by atoms with van der Waals surface area (Å²) >= 11 is 3.15. The topological polar surface area (TPSA) is 48.1 Å². The zero-order chi connectivity index (χ0) is 12.6. The van der Waals surface area contributed by atoms with Gasteiger partial charge in [-0.1, -0.05) is 12.1 Å². The third-order valence-corrected chi connectivity index (χ3v) is 2.71. The van der Waals surface area contributed by atoms with Crippen LogP contribution >= 0.6 is 15.9 Å². The Labute approximate surface area is 103 Å². The monoisotopic (exact) mass is 306 g/mol. The first-order valence-electron chi connectivity index (χ1n) is 4.47. The number of alkyl halides is 3. The van der Waals surface area contributed by atoms with Gasteiger partial charge in [0.15, 0.2) is 5.75 Å². The highest BCUT2D eigenvalue weighted by molar-refractivity contribution is 9.10. The Kier molecular flexibility index (Phi) is 2.86. The van der Waals surface area contributed by atoms with E-state index in [1.54, 1.807) is 6.07 Å². The van der Waals surface area contributed by atoms with Gasteiger partial charge in [-0.2, -0.15) is 0 Å². The number of hydrogen-bond donors (Lipinski definition) is 1. The molecule has 2 aromatic rings. The van der Waals surface area contributed by atoms with Gasteiger partial charge in [-0.3, -0.25) is 4.98 Å². The maximum atomic E-state index is 12.2. The second-order valence-corrected chi connectivity index (χ2v) is 4.07. The smallest absolute Gasteiger partial charge is 0.403 e. The summed E-state index contributed by atoms with van der Waals surface area (Å²) in [5.41, 5.74) is 6.12. The Morgan fingerprint density at radius 1 is 1.29 bits per heavy atom. The van der Waals surface area contributed by atoms with Crippen LogP contribution in [0, 0.1) is 0 Å². The molecule has 0 atom stereocenters. The van der Waals surface area contributed by atoms with Gasteiger partial charge in [0.25, 0.3) is 0 Å². The minimum atomic E-state index is -4.75. The van der Waals surface area contributed by atoms with E-state index >= 15 is 0 Å². The second kappa shape index (κ2) is 4.06. The molecule has 0 saturated heterocycles. The number of nitrogens with zero attached hydrogens (tertiary/aromatic N) is 1. The summed E-state index contributed by atoms with van der Waals surface area (Å²) in [4.78, 5) is 3.87. The van der Waals surface area contributed by atoms with E-state index in [-0.39, 0.29) is 11.3 Å². The molecule has 0 amide bonds. The lowest BCUT2D eigenvalue weighted by Crippen LogP contribution is -2.17. The molecule has 2 rings (SSSR count). The third-order valence-electron chi connectivity index (χ3n) is 2.08. The first kappa shape index (κ1) is 12.0. The number of nitrogens with two attached hydrogens (primary N) is 1. The second-order valence-electron chi connectivity index (χ2n) is 3.22. The molecule has 1 heterocycles. The molecule has 2 N–H and O–H groups in total. The SMILES string of the molecule is Nc1c(Br)cnc2c(OC(F)(F)F)cccc12. The standard InChI is InChI=1S/C10H6BrF3N2O/c11-6-4-16-9-5(8(6)15)2-1-3-7(9)17-10(12,13)14/h1-4H,(H2,15,16). The van der Waals surface area contributed by atoms with Gasteiger partial charge < -0.3 is 10.5 Å². The summed E-state index contributed by atoms with van der Waals surface area (Å²) < 4.78 is 40.9. The van der Waals surface area contributed by atoms with Gasteiger partial charge in [-0.15, -0.1) is 13.2 Å². The summed E-state index contributed by atoms with van der Waals surface area (Å²) in [6.07, 6.45) is -3.42. The highest BCUT2D eigenvalue weighted by atomic mass is 79.9. The van der Waals surface area contributed by atoms with E-state index in [2.05, 4.69) is 25.7 Å². The molecule has 0 aliphatic rings. The fourth-order valence-electron chi connectivity index (χ4n) is 1.40. The normalized spacial score (nSPS) is 11.8. The lowest BCUT2D eigenvalue weighted by molar-refractivity contribution is -0.274. The van der Waals surface area contributed by atoms with Crippen LogP contribution in [0.1, 0.15) is 0 Å². The van der Waals surface area contributed by atoms with Crippen LogP contribution in [0.25, 0.3) is 10.9 Å². The predicted molar refractivity (Wildman–Crippen MR) is 60.5 cm³/mol. The summed E-state index contributed by atoms with van der Waals surface area (Å²) in [5.74, 6) is -0.366. The number of ether oxygens (including phenoxy) is 1. The van der Waals surface area contributed by atoms with E-state index in [9.17, 15) is 13.2 Å². The van der Waals surface area contributed by atoms with Gasteiger partial charge >= 0.3 is 6.36 Å². The molecule has 17 heavy (non-hydrogen) atoms. The molecule has 0 aliphatic carbocycles. The zero-order valence-corrected chi connectivity index (χ0v) is 9.84. The maximum absolute atomic E-state index is 12.2. The molecule has 0 radical (unpaired) electrons. The van der Waals surface area contributed by atoms with Gasteiger partial charge in [0, 0.05) is 11.6 Å². The van der Waals surface area contributed by atoms with Crippen molar-refractivity contribution in [3.05, 3.63) is 28.9 Å². The average molecular weight is 307 g/mol. The van der Waals surface area contributed by atoms with E-state index in [4.69, 9.17) is 5.73 Å². The highest BCUT2D eigenvalue weighted by Crippen LogP contribution is 2.34. The van der Waals surface area contributed by atoms with Crippen molar-refractivity contribution in [2.45, 2.75) is 6.36 Å². The third kappa shape index (κ3) is 2.44. The number of anilines is 1. The molecule has 90 valence electrons. The lowest BCUT2D eigenvalue weighted by atomic mass is 10.2. The van der Waals surface area contributed by atoms with Crippen molar-refractivity contribution in [3.63, 3.8) is 0 Å². The number of benzene rings is 1. The Morgan fingerprint density at radius 2 is 2.00 bits per heavy atom. The summed E-state index contributed by atoms with van der Waals surface area (Å²) in [7, 11) is 0. The minimum Gasteiger partial charge on any atom is -0.403 e. The van der Waals surface area contributed by atoms with Crippen LogP contribution in [0.15, 0.2) is 28.9 Å². The molecule has 1 aromatic heterocycles. The van der Waals surface area contributed by atoms with Crippen molar-refractivity contribution in [1.29, 1.82) is 0 Å². The number of halogens is 4. The van der Waals surface area contributed by atoms with E-state index in [0.29, 0.717) is 15.5 Å². The maximum Gasteiger partial charge on any atom is 0.573 e. The number of nitrogen functional groups attached to an aromatic ring is 1. The van der Waals surface area contributed by atoms with Crippen LogP contribution in [0.2, 0.25) is 0 Å². The van der Waals surface area contributed by atoms with Crippen molar-refractivity contribution in [2.24, 2.45) is 0 Å². The first-order valence-corrected chi connectivity index (χ1v) is 5.26. The fraction of sp³-hybridized carbons (Fsp3) is 0.100. The molecule has 0 bridgehead atoms. The van der Waals surface area contributed by atoms with Crippen LogP contribution in [0.4, 0.5) is 18.9 Å². The van der Waals surface area contributed by atoms with Crippen LogP contribution in [-0.2, 0) is 0 Å². The van der Waals surface area contributed by atoms with Crippen LogP contribution < -0.4 is 10.5 Å². The van der Waals surface area contributed by atoms with Gasteiger partial charge in [0.1, 0.15) is 5.52 Å². The Morgan fingerprint density at radius 3 is 2.65 bits per heavy atom. The van der Waals surface area contributed by atoms with Crippen LogP contribution in [-0.4, -0.2) is 11.3 Å². The molecule has 0 unspecified atom stereocenters. The number of rotatable bonds is 1. The van der Waals surface area contributed by atoms with E-state index in [0.717, 1.165) is 0 Å². The van der Waals surface area contributed by atoms with Gasteiger partial charge in [0.2, 0.25) is 0 Å². The minimum absolute atomic E-state index is 0.0746. The molecular weight excluding hydrogens is 301 g/mol. The van der Waals surface area contributed by atoms with Gasteiger partial charge in [-0.25, -0.2) is 0 Å². The number of fused-ring (bicyclic) bond motifs is 1. The number of para-hydroxylation sites is 1. The summed E-state index contributed by atoms with van der Waals surface area (Å²) in [5, 5.41) is 0.404. The van der Waals surface area contributed by atoms with Crippen molar-refractivity contribution in [3.8, 4) is 5.75 Å². The molecule has 0 fully saturated rings. The van der Waals surface area contributed by atoms with Crippen LogP contribution in [0.3, 0.4) is 0 Å². The number of hydrogen-bond acceptors (Lipinski definition) is 3. The Bertz CT molecular complexity index is 571.